The summed E-state index contributed by atoms with van der Waals surface area (Å²) in [6, 6.07) is 13.0. The molecule has 0 amide bonds. The molecule has 0 saturated heterocycles. The Bertz CT molecular complexity index is 1070. The number of nitrogens with zero attached hydrogens (tertiary/aromatic N) is 3. The average molecular weight is 397 g/mol. The van der Waals surface area contributed by atoms with E-state index in [1.165, 1.54) is 31.6 Å². The molecule has 10 heteroatoms. The first kappa shape index (κ1) is 18.9. The number of halogens is 3. The Labute approximate surface area is 153 Å². The standard InChI is InChI=1S/C17H14F3N3O3S/c1-25-14-10-11(15-21-16(26-22-15)17(18,19)20)8-9-13(14)23-27(2,24)12-6-4-3-5-7-12/h3-10H,1-2H3. The van der Waals surface area contributed by atoms with Gasteiger partial charge in [0.1, 0.15) is 11.4 Å². The quantitative estimate of drug-likeness (QED) is 0.645. The summed E-state index contributed by atoms with van der Waals surface area (Å²) in [6.07, 6.45) is -3.24. The summed E-state index contributed by atoms with van der Waals surface area (Å²) in [5.41, 5.74) is 0.532. The molecule has 0 spiro atoms. The van der Waals surface area contributed by atoms with Crippen molar-refractivity contribution in [2.24, 2.45) is 4.36 Å². The summed E-state index contributed by atoms with van der Waals surface area (Å²) in [7, 11) is -1.37. The molecule has 27 heavy (non-hydrogen) atoms. The normalized spacial score (nSPS) is 13.8. The van der Waals surface area contributed by atoms with Gasteiger partial charge in [-0.1, -0.05) is 23.4 Å². The van der Waals surface area contributed by atoms with Gasteiger partial charge in [-0.25, -0.2) is 4.21 Å². The number of benzene rings is 2. The van der Waals surface area contributed by atoms with Crippen LogP contribution in [0.5, 0.6) is 5.75 Å². The first-order valence-corrected chi connectivity index (χ1v) is 9.49. The summed E-state index contributed by atoms with van der Waals surface area (Å²) in [5, 5.41) is 3.33. The second-order valence-corrected chi connectivity index (χ2v) is 7.77. The molecule has 1 atom stereocenters. The SMILES string of the molecule is COc1cc(-c2noc(C(F)(F)F)n2)ccc1N=S(C)(=O)c1ccccc1. The van der Waals surface area contributed by atoms with E-state index < -0.39 is 21.8 Å². The fourth-order valence-electron chi connectivity index (χ4n) is 2.26. The van der Waals surface area contributed by atoms with Gasteiger partial charge < -0.3 is 9.26 Å². The molecule has 3 aromatic rings. The number of aromatic nitrogens is 2. The van der Waals surface area contributed by atoms with Crippen LogP contribution in [0.2, 0.25) is 0 Å². The molecule has 0 N–H and O–H groups in total. The predicted octanol–water partition coefficient (Wildman–Crippen LogP) is 4.55. The lowest BCUT2D eigenvalue weighted by molar-refractivity contribution is -0.159. The van der Waals surface area contributed by atoms with Crippen LogP contribution in [-0.2, 0) is 15.9 Å². The molecule has 0 fully saturated rings. The summed E-state index contributed by atoms with van der Waals surface area (Å²) >= 11 is 0. The Morgan fingerprint density at radius 1 is 1.15 bits per heavy atom. The van der Waals surface area contributed by atoms with Crippen LogP contribution in [0.15, 0.2) is 62.3 Å². The Kier molecular flexibility index (Phi) is 4.92. The first-order valence-electron chi connectivity index (χ1n) is 7.57. The molecule has 1 heterocycles. The van der Waals surface area contributed by atoms with Gasteiger partial charge in [0.2, 0.25) is 5.82 Å². The van der Waals surface area contributed by atoms with Gasteiger partial charge in [0.15, 0.2) is 0 Å². The fraction of sp³-hybridized carbons (Fsp3) is 0.176. The zero-order chi connectivity index (χ0) is 19.7. The van der Waals surface area contributed by atoms with E-state index >= 15 is 0 Å². The van der Waals surface area contributed by atoms with E-state index in [0.29, 0.717) is 4.90 Å². The maximum absolute atomic E-state index is 12.9. The van der Waals surface area contributed by atoms with E-state index in [9.17, 15) is 17.4 Å². The van der Waals surface area contributed by atoms with Crippen LogP contribution >= 0.6 is 0 Å². The summed E-state index contributed by atoms with van der Waals surface area (Å²) in [4.78, 5) is 3.88. The van der Waals surface area contributed by atoms with Crippen LogP contribution in [0.3, 0.4) is 0 Å². The monoisotopic (exact) mass is 397 g/mol. The van der Waals surface area contributed by atoms with E-state index in [4.69, 9.17) is 4.74 Å². The molecule has 2 aromatic carbocycles. The third kappa shape index (κ3) is 4.11. The van der Waals surface area contributed by atoms with Crippen LogP contribution in [-0.4, -0.2) is 27.7 Å². The zero-order valence-electron chi connectivity index (χ0n) is 14.2. The smallest absolute Gasteiger partial charge is 0.471 e. The maximum Gasteiger partial charge on any atom is 0.471 e. The molecule has 0 aliphatic carbocycles. The molecular weight excluding hydrogens is 383 g/mol. The highest BCUT2D eigenvalue weighted by atomic mass is 32.2. The number of methoxy groups -OCH3 is 1. The van der Waals surface area contributed by atoms with E-state index in [0.717, 1.165) is 0 Å². The third-order valence-electron chi connectivity index (χ3n) is 3.56. The number of rotatable bonds is 4. The average Bonchev–Trinajstić information content (AvgIpc) is 3.13. The van der Waals surface area contributed by atoms with Crippen molar-refractivity contribution in [2.45, 2.75) is 11.1 Å². The van der Waals surface area contributed by atoms with Gasteiger partial charge in [-0.05, 0) is 30.3 Å². The molecule has 3 rings (SSSR count). The molecule has 0 aliphatic rings. The Balaban J connectivity index is 2.02. The fourth-order valence-corrected chi connectivity index (χ4v) is 3.56. The number of hydrogen-bond acceptors (Lipinski definition) is 6. The molecule has 0 radical (unpaired) electrons. The third-order valence-corrected chi connectivity index (χ3v) is 5.25. The van der Waals surface area contributed by atoms with E-state index in [2.05, 4.69) is 19.0 Å². The molecule has 0 saturated carbocycles. The van der Waals surface area contributed by atoms with Crippen molar-refractivity contribution in [3.8, 4) is 17.1 Å². The van der Waals surface area contributed by atoms with Crippen molar-refractivity contribution in [1.29, 1.82) is 0 Å². The van der Waals surface area contributed by atoms with E-state index in [-0.39, 0.29) is 22.8 Å². The van der Waals surface area contributed by atoms with E-state index in [1.54, 1.807) is 30.3 Å². The summed E-state index contributed by atoms with van der Waals surface area (Å²) < 4.78 is 64.5. The highest BCUT2D eigenvalue weighted by molar-refractivity contribution is 7.93. The van der Waals surface area contributed by atoms with Gasteiger partial charge in [-0.2, -0.15) is 22.5 Å². The molecule has 0 bridgehead atoms. The van der Waals surface area contributed by atoms with Crippen LogP contribution in [0, 0.1) is 0 Å². The van der Waals surface area contributed by atoms with Crippen molar-refractivity contribution in [3.05, 3.63) is 54.4 Å². The molecule has 142 valence electrons. The van der Waals surface area contributed by atoms with Gasteiger partial charge in [-0.3, -0.25) is 0 Å². The van der Waals surface area contributed by atoms with Crippen molar-refractivity contribution in [1.82, 2.24) is 10.1 Å². The highest BCUT2D eigenvalue weighted by Crippen LogP contribution is 2.35. The Morgan fingerprint density at radius 2 is 1.85 bits per heavy atom. The van der Waals surface area contributed by atoms with Crippen LogP contribution in [0.1, 0.15) is 5.89 Å². The Hall–Kier alpha value is -2.88. The number of ether oxygens (including phenoxy) is 1. The lowest BCUT2D eigenvalue weighted by atomic mass is 10.2. The molecule has 0 aliphatic heterocycles. The van der Waals surface area contributed by atoms with Crippen molar-refractivity contribution in [3.63, 3.8) is 0 Å². The molecule has 1 unspecified atom stereocenters. The lowest BCUT2D eigenvalue weighted by Gasteiger charge is -2.09. The highest BCUT2D eigenvalue weighted by Gasteiger charge is 2.38. The minimum absolute atomic E-state index is 0.219. The summed E-state index contributed by atoms with van der Waals surface area (Å²) in [6.45, 7) is 0. The predicted molar refractivity (Wildman–Crippen MR) is 92.2 cm³/mol. The van der Waals surface area contributed by atoms with Gasteiger partial charge in [0, 0.05) is 16.7 Å². The van der Waals surface area contributed by atoms with Crippen molar-refractivity contribution < 1.29 is 26.6 Å². The van der Waals surface area contributed by atoms with Crippen LogP contribution in [0.25, 0.3) is 11.4 Å². The second-order valence-electron chi connectivity index (χ2n) is 5.51. The minimum atomic E-state index is -4.73. The van der Waals surface area contributed by atoms with Crippen LogP contribution in [0.4, 0.5) is 18.9 Å². The zero-order valence-corrected chi connectivity index (χ0v) is 15.0. The molecule has 1 aromatic heterocycles. The lowest BCUT2D eigenvalue weighted by Crippen LogP contribution is -2.04. The second kappa shape index (κ2) is 7.03. The van der Waals surface area contributed by atoms with Gasteiger partial charge in [-0.15, -0.1) is 0 Å². The first-order chi connectivity index (χ1) is 12.7. The number of alkyl halides is 3. The summed E-state index contributed by atoms with van der Waals surface area (Å²) in [5.74, 6) is -1.46. The van der Waals surface area contributed by atoms with Crippen molar-refractivity contribution >= 4 is 15.4 Å². The van der Waals surface area contributed by atoms with E-state index in [1.807, 2.05) is 0 Å². The van der Waals surface area contributed by atoms with Gasteiger partial charge in [0.25, 0.3) is 0 Å². The largest absolute Gasteiger partial charge is 0.494 e. The molecular formula is C17H14F3N3O3S. The van der Waals surface area contributed by atoms with Crippen LogP contribution < -0.4 is 4.74 Å². The van der Waals surface area contributed by atoms with Gasteiger partial charge in [0.05, 0.1) is 16.8 Å². The topological polar surface area (TPSA) is 77.6 Å². The molecule has 6 nitrogen and oxygen atoms in total. The minimum Gasteiger partial charge on any atom is -0.494 e. The number of hydrogen-bond donors (Lipinski definition) is 0. The maximum atomic E-state index is 12.9. The van der Waals surface area contributed by atoms with Crippen molar-refractivity contribution in [2.75, 3.05) is 13.4 Å². The Morgan fingerprint density at radius 3 is 2.44 bits per heavy atom. The van der Waals surface area contributed by atoms with Gasteiger partial charge >= 0.3 is 12.1 Å².